The number of para-hydroxylation sites is 1. The zero-order chi connectivity index (χ0) is 19.9. The molecule has 0 fully saturated rings. The molecule has 0 spiro atoms. The van der Waals surface area contributed by atoms with Crippen molar-refractivity contribution in [2.24, 2.45) is 0 Å². The fourth-order valence-electron chi connectivity index (χ4n) is 2.95. The van der Waals surface area contributed by atoms with Crippen molar-refractivity contribution in [3.63, 3.8) is 0 Å². The monoisotopic (exact) mass is 402 g/mol. The second-order valence-corrected chi connectivity index (χ2v) is 7.62. The van der Waals surface area contributed by atoms with Crippen LogP contribution in [0.1, 0.15) is 12.8 Å². The van der Waals surface area contributed by atoms with E-state index in [4.69, 9.17) is 4.74 Å². The second kappa shape index (κ2) is 9.59. The van der Waals surface area contributed by atoms with E-state index in [2.05, 4.69) is 0 Å². The Morgan fingerprint density at radius 2 is 2.00 bits per heavy atom. The molecule has 3 rings (SSSR count). The summed E-state index contributed by atoms with van der Waals surface area (Å²) in [5, 5.41) is 0. The van der Waals surface area contributed by atoms with Crippen LogP contribution in [0.4, 0.5) is 10.1 Å². The standard InChI is InChI=1S/C21H23FN2O3S/c1-23(11-13-27-17-6-4-5-16(22)15-17)20(25)9-10-21(26)24-12-14-28-19-8-3-2-7-18(19)24/h2-8,15H,9-14H2,1H3. The molecule has 1 aliphatic heterocycles. The molecule has 5 nitrogen and oxygen atoms in total. The number of amides is 2. The summed E-state index contributed by atoms with van der Waals surface area (Å²) in [6.45, 7) is 1.29. The van der Waals surface area contributed by atoms with Gasteiger partial charge in [0.05, 0.1) is 12.2 Å². The van der Waals surface area contributed by atoms with Crippen LogP contribution in [-0.4, -0.2) is 49.2 Å². The van der Waals surface area contributed by atoms with E-state index in [1.165, 1.54) is 17.0 Å². The SMILES string of the molecule is CN(CCOc1cccc(F)c1)C(=O)CCC(=O)N1CCSc2ccccc21. The van der Waals surface area contributed by atoms with E-state index in [-0.39, 0.29) is 37.1 Å². The summed E-state index contributed by atoms with van der Waals surface area (Å²) in [5.74, 6) is 0.769. The third kappa shape index (κ3) is 5.25. The number of carbonyl (C=O) groups is 2. The van der Waals surface area contributed by atoms with Crippen molar-refractivity contribution < 1.29 is 18.7 Å². The van der Waals surface area contributed by atoms with Crippen LogP contribution in [-0.2, 0) is 9.59 Å². The highest BCUT2D eigenvalue weighted by molar-refractivity contribution is 7.99. The number of nitrogens with zero attached hydrogens (tertiary/aromatic N) is 2. The second-order valence-electron chi connectivity index (χ2n) is 6.48. The van der Waals surface area contributed by atoms with Crippen LogP contribution < -0.4 is 9.64 Å². The Morgan fingerprint density at radius 1 is 1.18 bits per heavy atom. The Balaban J connectivity index is 1.44. The van der Waals surface area contributed by atoms with Crippen LogP contribution in [0.5, 0.6) is 5.75 Å². The number of benzene rings is 2. The lowest BCUT2D eigenvalue weighted by atomic mass is 10.2. The third-order valence-electron chi connectivity index (χ3n) is 4.50. The summed E-state index contributed by atoms with van der Waals surface area (Å²) in [6, 6.07) is 13.7. The van der Waals surface area contributed by atoms with Gasteiger partial charge < -0.3 is 14.5 Å². The maximum Gasteiger partial charge on any atom is 0.227 e. The van der Waals surface area contributed by atoms with E-state index in [0.717, 1.165) is 16.3 Å². The Kier molecular flexibility index (Phi) is 6.92. The van der Waals surface area contributed by atoms with E-state index >= 15 is 0 Å². The van der Waals surface area contributed by atoms with Crippen molar-refractivity contribution in [1.29, 1.82) is 0 Å². The van der Waals surface area contributed by atoms with Gasteiger partial charge in [-0.15, -0.1) is 11.8 Å². The molecule has 0 saturated heterocycles. The van der Waals surface area contributed by atoms with E-state index in [9.17, 15) is 14.0 Å². The average molecular weight is 402 g/mol. The van der Waals surface area contributed by atoms with Crippen molar-refractivity contribution in [3.8, 4) is 5.75 Å². The zero-order valence-corrected chi connectivity index (χ0v) is 16.6. The van der Waals surface area contributed by atoms with Gasteiger partial charge in [-0.1, -0.05) is 18.2 Å². The Bertz CT molecular complexity index is 846. The van der Waals surface area contributed by atoms with E-state index in [1.54, 1.807) is 35.8 Å². The quantitative estimate of drug-likeness (QED) is 0.710. The summed E-state index contributed by atoms with van der Waals surface area (Å²) in [7, 11) is 1.68. The van der Waals surface area contributed by atoms with Crippen LogP contribution >= 0.6 is 11.8 Å². The predicted molar refractivity (Wildman–Crippen MR) is 108 cm³/mol. The maximum absolute atomic E-state index is 13.1. The number of anilines is 1. The molecule has 0 aromatic heterocycles. The van der Waals surface area contributed by atoms with Gasteiger partial charge in [-0.3, -0.25) is 9.59 Å². The molecule has 2 aromatic carbocycles. The first kappa shape index (κ1) is 20.2. The number of carbonyl (C=O) groups excluding carboxylic acids is 2. The largest absolute Gasteiger partial charge is 0.492 e. The highest BCUT2D eigenvalue weighted by atomic mass is 32.2. The lowest BCUT2D eigenvalue weighted by molar-refractivity contribution is -0.132. The van der Waals surface area contributed by atoms with Gasteiger partial charge in [-0.2, -0.15) is 0 Å². The molecular formula is C21H23FN2O3S. The molecule has 2 aromatic rings. The van der Waals surface area contributed by atoms with Crippen LogP contribution in [0.25, 0.3) is 0 Å². The topological polar surface area (TPSA) is 49.9 Å². The number of hydrogen-bond donors (Lipinski definition) is 0. The molecule has 0 atom stereocenters. The molecule has 148 valence electrons. The predicted octanol–water partition coefficient (Wildman–Crippen LogP) is 3.58. The minimum atomic E-state index is -0.363. The number of rotatable bonds is 7. The van der Waals surface area contributed by atoms with Gasteiger partial charge in [0.15, 0.2) is 0 Å². The van der Waals surface area contributed by atoms with Gasteiger partial charge >= 0.3 is 0 Å². The van der Waals surface area contributed by atoms with Crippen molar-refractivity contribution in [1.82, 2.24) is 4.90 Å². The number of halogens is 1. The van der Waals surface area contributed by atoms with Gasteiger partial charge in [-0.25, -0.2) is 4.39 Å². The summed E-state index contributed by atoms with van der Waals surface area (Å²) in [5.41, 5.74) is 0.924. The maximum atomic E-state index is 13.1. The summed E-state index contributed by atoms with van der Waals surface area (Å²) in [4.78, 5) is 29.3. The van der Waals surface area contributed by atoms with Crippen LogP contribution in [0.3, 0.4) is 0 Å². The Hall–Kier alpha value is -2.54. The van der Waals surface area contributed by atoms with Crippen molar-refractivity contribution in [2.75, 3.05) is 37.4 Å². The Labute approximate surface area is 168 Å². The van der Waals surface area contributed by atoms with Crippen molar-refractivity contribution >= 4 is 29.3 Å². The number of likely N-dealkylation sites (N-methyl/N-ethyl adjacent to an activating group) is 1. The fraction of sp³-hybridized carbons (Fsp3) is 0.333. The molecule has 7 heteroatoms. The van der Waals surface area contributed by atoms with Crippen LogP contribution in [0.15, 0.2) is 53.4 Å². The smallest absolute Gasteiger partial charge is 0.227 e. The molecule has 0 bridgehead atoms. The minimum Gasteiger partial charge on any atom is -0.492 e. The molecule has 1 heterocycles. The normalized spacial score (nSPS) is 13.0. The van der Waals surface area contributed by atoms with E-state index in [0.29, 0.717) is 18.8 Å². The molecular weight excluding hydrogens is 379 g/mol. The van der Waals surface area contributed by atoms with E-state index in [1.807, 2.05) is 24.3 Å². The Morgan fingerprint density at radius 3 is 2.82 bits per heavy atom. The molecule has 28 heavy (non-hydrogen) atoms. The third-order valence-corrected chi connectivity index (χ3v) is 5.54. The van der Waals surface area contributed by atoms with Crippen molar-refractivity contribution in [3.05, 3.63) is 54.3 Å². The van der Waals surface area contributed by atoms with Crippen molar-refractivity contribution in [2.45, 2.75) is 17.7 Å². The summed E-state index contributed by atoms with van der Waals surface area (Å²) in [6.07, 6.45) is 0.327. The molecule has 0 unspecified atom stereocenters. The molecule has 0 aliphatic carbocycles. The molecule has 0 N–H and O–H groups in total. The van der Waals surface area contributed by atoms with Crippen LogP contribution in [0, 0.1) is 5.82 Å². The first-order chi connectivity index (χ1) is 13.5. The first-order valence-electron chi connectivity index (χ1n) is 9.19. The molecule has 1 aliphatic rings. The highest BCUT2D eigenvalue weighted by Gasteiger charge is 2.23. The van der Waals surface area contributed by atoms with Gasteiger partial charge in [0.1, 0.15) is 18.2 Å². The van der Waals surface area contributed by atoms with Gasteiger partial charge in [-0.05, 0) is 24.3 Å². The summed E-state index contributed by atoms with van der Waals surface area (Å²) < 4.78 is 18.6. The number of ether oxygens (including phenoxy) is 1. The lowest BCUT2D eigenvalue weighted by Crippen LogP contribution is -2.37. The molecule has 2 amide bonds. The first-order valence-corrected chi connectivity index (χ1v) is 10.2. The zero-order valence-electron chi connectivity index (χ0n) is 15.8. The number of hydrogen-bond acceptors (Lipinski definition) is 4. The number of thioether (sulfide) groups is 1. The van der Waals surface area contributed by atoms with Gasteiger partial charge in [0, 0.05) is 43.1 Å². The van der Waals surface area contributed by atoms with E-state index < -0.39 is 0 Å². The summed E-state index contributed by atoms with van der Waals surface area (Å²) >= 11 is 1.74. The minimum absolute atomic E-state index is 0.0366. The highest BCUT2D eigenvalue weighted by Crippen LogP contribution is 2.34. The number of fused-ring (bicyclic) bond motifs is 1. The lowest BCUT2D eigenvalue weighted by Gasteiger charge is -2.29. The average Bonchev–Trinajstić information content (AvgIpc) is 2.71. The fourth-order valence-corrected chi connectivity index (χ4v) is 3.94. The van der Waals surface area contributed by atoms with Gasteiger partial charge in [0.25, 0.3) is 0 Å². The van der Waals surface area contributed by atoms with Gasteiger partial charge in [0.2, 0.25) is 11.8 Å². The van der Waals surface area contributed by atoms with Crippen LogP contribution in [0.2, 0.25) is 0 Å². The molecule has 0 saturated carbocycles. The molecule has 0 radical (unpaired) electrons.